The summed E-state index contributed by atoms with van der Waals surface area (Å²) < 4.78 is 2.43. The van der Waals surface area contributed by atoms with Crippen molar-refractivity contribution in [3.8, 4) is 0 Å². The van der Waals surface area contributed by atoms with Crippen LogP contribution in [0.25, 0.3) is 21.3 Å². The zero-order valence-electron chi connectivity index (χ0n) is 13.5. The molecule has 9 heteroatoms. The number of benzene rings is 1. The molecule has 0 spiro atoms. The van der Waals surface area contributed by atoms with E-state index in [1.54, 1.807) is 23.9 Å². The number of H-pyrrole nitrogens is 1. The number of hydrogen-bond donors (Lipinski definition) is 2. The molecule has 1 aromatic carbocycles. The summed E-state index contributed by atoms with van der Waals surface area (Å²) in [5.74, 6) is -0.374. The minimum absolute atomic E-state index is 0.134. The van der Waals surface area contributed by atoms with Gasteiger partial charge in [0, 0.05) is 7.05 Å². The predicted molar refractivity (Wildman–Crippen MR) is 94.6 cm³/mol. The molecule has 0 aliphatic heterocycles. The number of carbonyl (C=O) groups excluding carboxylic acids is 1. The summed E-state index contributed by atoms with van der Waals surface area (Å²) in [4.78, 5) is 35.3. The molecular formula is C16H14N6O2S. The van der Waals surface area contributed by atoms with E-state index >= 15 is 0 Å². The second kappa shape index (κ2) is 5.78. The molecule has 3 aromatic heterocycles. The van der Waals surface area contributed by atoms with Gasteiger partial charge in [-0.1, -0.05) is 6.07 Å². The minimum Gasteiger partial charge on any atom is -0.344 e. The summed E-state index contributed by atoms with van der Waals surface area (Å²) >= 11 is 1.55. The van der Waals surface area contributed by atoms with Gasteiger partial charge in [-0.3, -0.25) is 14.3 Å². The summed E-state index contributed by atoms with van der Waals surface area (Å²) in [6.45, 7) is 1.89. The number of thiazole rings is 1. The Bertz CT molecular complexity index is 1160. The van der Waals surface area contributed by atoms with E-state index in [2.05, 4.69) is 25.4 Å². The minimum atomic E-state index is -0.374. The van der Waals surface area contributed by atoms with Gasteiger partial charge in [-0.2, -0.15) is 5.10 Å². The third-order valence-corrected chi connectivity index (χ3v) is 4.84. The van der Waals surface area contributed by atoms with Gasteiger partial charge in [-0.05, 0) is 24.6 Å². The van der Waals surface area contributed by atoms with Crippen molar-refractivity contribution in [3.05, 3.63) is 51.6 Å². The van der Waals surface area contributed by atoms with E-state index in [0.29, 0.717) is 0 Å². The molecule has 0 radical (unpaired) electrons. The van der Waals surface area contributed by atoms with Crippen LogP contribution in [0.2, 0.25) is 0 Å². The molecule has 25 heavy (non-hydrogen) atoms. The van der Waals surface area contributed by atoms with Crippen LogP contribution in [0.1, 0.15) is 29.0 Å². The van der Waals surface area contributed by atoms with E-state index in [0.717, 1.165) is 15.8 Å². The molecule has 4 rings (SSSR count). The Labute approximate surface area is 145 Å². The normalized spacial score (nSPS) is 12.6. The topological polar surface area (TPSA) is 106 Å². The van der Waals surface area contributed by atoms with Crippen molar-refractivity contribution in [1.82, 2.24) is 30.0 Å². The van der Waals surface area contributed by atoms with E-state index in [4.69, 9.17) is 0 Å². The van der Waals surface area contributed by atoms with Crippen molar-refractivity contribution in [3.63, 3.8) is 0 Å². The molecule has 4 aromatic rings. The van der Waals surface area contributed by atoms with Gasteiger partial charge in [0.05, 0.1) is 28.1 Å². The number of aryl methyl sites for hydroxylation is 1. The highest BCUT2D eigenvalue weighted by Crippen LogP contribution is 2.23. The number of hydrogen-bond acceptors (Lipinski definition) is 6. The van der Waals surface area contributed by atoms with Gasteiger partial charge < -0.3 is 10.3 Å². The first kappa shape index (κ1) is 15.5. The summed E-state index contributed by atoms with van der Waals surface area (Å²) in [5, 5.41) is 7.06. The number of rotatable bonds is 3. The first-order chi connectivity index (χ1) is 12.0. The van der Waals surface area contributed by atoms with Gasteiger partial charge in [0.25, 0.3) is 11.5 Å². The maximum absolute atomic E-state index is 12.6. The molecule has 126 valence electrons. The molecule has 1 amide bonds. The van der Waals surface area contributed by atoms with E-state index < -0.39 is 0 Å². The Morgan fingerprint density at radius 2 is 2.20 bits per heavy atom. The second-order valence-corrected chi connectivity index (χ2v) is 6.56. The maximum Gasteiger partial charge on any atom is 0.276 e. The third kappa shape index (κ3) is 2.58. The molecule has 8 nitrogen and oxygen atoms in total. The van der Waals surface area contributed by atoms with Crippen LogP contribution in [0.3, 0.4) is 0 Å². The van der Waals surface area contributed by atoms with Crippen LogP contribution in [0.4, 0.5) is 0 Å². The highest BCUT2D eigenvalue weighted by molar-refractivity contribution is 7.16. The van der Waals surface area contributed by atoms with Gasteiger partial charge in [0.1, 0.15) is 5.52 Å². The Balaban J connectivity index is 1.65. The first-order valence-electron chi connectivity index (χ1n) is 7.59. The number of amides is 1. The van der Waals surface area contributed by atoms with E-state index in [9.17, 15) is 9.59 Å². The third-order valence-electron chi connectivity index (χ3n) is 4.04. The van der Waals surface area contributed by atoms with Crippen molar-refractivity contribution >= 4 is 38.5 Å². The SMILES string of the molecule is CC(NC(=O)c1nn(C)c2c(=O)[nH]cnc12)c1ccc2ncsc2c1. The lowest BCUT2D eigenvalue weighted by Crippen LogP contribution is -2.27. The molecule has 0 saturated heterocycles. The van der Waals surface area contributed by atoms with E-state index in [1.165, 1.54) is 11.0 Å². The van der Waals surface area contributed by atoms with Crippen LogP contribution < -0.4 is 10.9 Å². The Hall–Kier alpha value is -3.07. The second-order valence-electron chi connectivity index (χ2n) is 5.68. The summed E-state index contributed by atoms with van der Waals surface area (Å²) in [5.41, 5.74) is 4.06. The van der Waals surface area contributed by atoms with Crippen LogP contribution in [-0.2, 0) is 7.05 Å². The molecular weight excluding hydrogens is 340 g/mol. The van der Waals surface area contributed by atoms with Crippen molar-refractivity contribution < 1.29 is 4.79 Å². The molecule has 0 aliphatic rings. The molecule has 0 aliphatic carbocycles. The quantitative estimate of drug-likeness (QED) is 0.583. The Kier molecular flexibility index (Phi) is 3.57. The Morgan fingerprint density at radius 3 is 3.04 bits per heavy atom. The molecule has 1 unspecified atom stereocenters. The maximum atomic E-state index is 12.6. The van der Waals surface area contributed by atoms with Gasteiger partial charge in [0.15, 0.2) is 11.2 Å². The number of nitrogens with one attached hydrogen (secondary N) is 2. The largest absolute Gasteiger partial charge is 0.344 e. The molecule has 3 heterocycles. The number of aromatic amines is 1. The van der Waals surface area contributed by atoms with Crippen LogP contribution in [0.5, 0.6) is 0 Å². The van der Waals surface area contributed by atoms with Crippen molar-refractivity contribution in [2.75, 3.05) is 0 Å². The van der Waals surface area contributed by atoms with E-state index in [-0.39, 0.29) is 34.2 Å². The lowest BCUT2D eigenvalue weighted by Gasteiger charge is -2.13. The average Bonchev–Trinajstić information content (AvgIpc) is 3.19. The molecule has 2 N–H and O–H groups in total. The van der Waals surface area contributed by atoms with Crippen molar-refractivity contribution in [1.29, 1.82) is 0 Å². The highest BCUT2D eigenvalue weighted by atomic mass is 32.1. The zero-order chi connectivity index (χ0) is 17.6. The summed E-state index contributed by atoms with van der Waals surface area (Å²) in [6.07, 6.45) is 1.27. The number of carbonyl (C=O) groups is 1. The van der Waals surface area contributed by atoms with E-state index in [1.807, 2.05) is 25.1 Å². The Morgan fingerprint density at radius 1 is 1.36 bits per heavy atom. The highest BCUT2D eigenvalue weighted by Gasteiger charge is 2.21. The number of nitrogens with zero attached hydrogens (tertiary/aromatic N) is 4. The lowest BCUT2D eigenvalue weighted by atomic mass is 10.1. The van der Waals surface area contributed by atoms with Crippen LogP contribution in [0.15, 0.2) is 34.8 Å². The van der Waals surface area contributed by atoms with Crippen molar-refractivity contribution in [2.45, 2.75) is 13.0 Å². The average molecular weight is 354 g/mol. The van der Waals surface area contributed by atoms with Crippen LogP contribution in [0, 0.1) is 0 Å². The summed E-state index contributed by atoms with van der Waals surface area (Å²) in [7, 11) is 1.61. The smallest absolute Gasteiger partial charge is 0.276 e. The van der Waals surface area contributed by atoms with Crippen molar-refractivity contribution in [2.24, 2.45) is 7.05 Å². The zero-order valence-corrected chi connectivity index (χ0v) is 14.3. The van der Waals surface area contributed by atoms with Crippen LogP contribution in [-0.4, -0.2) is 30.6 Å². The predicted octanol–water partition coefficient (Wildman–Crippen LogP) is 1.76. The fourth-order valence-electron chi connectivity index (χ4n) is 2.76. The summed E-state index contributed by atoms with van der Waals surface area (Å²) in [6, 6.07) is 5.66. The molecule has 0 saturated carbocycles. The standard InChI is InChI=1S/C16H14N6O2S/c1-8(9-3-4-10-11(5-9)25-7-19-10)20-15(23)13-12-14(22(2)21-13)16(24)18-6-17-12/h3-8H,1-2H3,(H,20,23)(H,17,18,24). The fourth-order valence-corrected chi connectivity index (χ4v) is 3.48. The molecule has 0 fully saturated rings. The number of aromatic nitrogens is 5. The lowest BCUT2D eigenvalue weighted by molar-refractivity contribution is 0.0935. The fraction of sp³-hybridized carbons (Fsp3) is 0.188. The molecule has 1 atom stereocenters. The number of fused-ring (bicyclic) bond motifs is 2. The molecule has 0 bridgehead atoms. The van der Waals surface area contributed by atoms with Gasteiger partial charge in [-0.15, -0.1) is 11.3 Å². The van der Waals surface area contributed by atoms with Crippen LogP contribution >= 0.6 is 11.3 Å². The van der Waals surface area contributed by atoms with Gasteiger partial charge in [0.2, 0.25) is 0 Å². The van der Waals surface area contributed by atoms with Gasteiger partial charge in [-0.25, -0.2) is 9.97 Å². The first-order valence-corrected chi connectivity index (χ1v) is 8.47. The van der Waals surface area contributed by atoms with Gasteiger partial charge >= 0.3 is 0 Å². The monoisotopic (exact) mass is 354 g/mol.